The number of aliphatic hydroxyl groups excluding tert-OH is 1. The second-order valence-electron chi connectivity index (χ2n) is 14.6. The molecule has 2 unspecified atom stereocenters. The molecule has 0 saturated carbocycles. The Labute approximate surface area is 290 Å². The standard InChI is InChI=1S/C41H76O6/c1-4-5-24-30-38-39(47-38)31-26-21-17-14-15-19-23-28-33-41(44)46-37(34-42)35-45-40(43)32-27-22-18-13-11-9-7-6-8-10-12-16-20-25-29-36(2)3/h21,26,36-39,42H,4-20,22-25,27-35H2,1-3H3/b26-21-/t37-,38?,39?/m0/s1. The van der Waals surface area contributed by atoms with Crippen molar-refractivity contribution in [2.75, 3.05) is 13.2 Å². The highest BCUT2D eigenvalue weighted by molar-refractivity contribution is 5.70. The average molecular weight is 665 g/mol. The Morgan fingerprint density at radius 1 is 0.660 bits per heavy atom. The van der Waals surface area contributed by atoms with Crippen LogP contribution in [-0.4, -0.2) is 48.6 Å². The highest BCUT2D eigenvalue weighted by atomic mass is 16.6. The molecule has 1 N–H and O–H groups in total. The SMILES string of the molecule is CCCCCC1OC1C/C=C\CCCCCCCC(=O)O[C@@H](CO)COC(=O)CCCCCCCCCCCCCCCCC(C)C. The van der Waals surface area contributed by atoms with E-state index in [9.17, 15) is 14.7 Å². The number of esters is 2. The summed E-state index contributed by atoms with van der Waals surface area (Å²) in [7, 11) is 0. The van der Waals surface area contributed by atoms with E-state index >= 15 is 0 Å². The molecule has 0 aromatic heterocycles. The van der Waals surface area contributed by atoms with Crippen LogP contribution in [0.1, 0.15) is 201 Å². The van der Waals surface area contributed by atoms with E-state index in [1.807, 2.05) is 0 Å². The number of ether oxygens (including phenoxy) is 3. The summed E-state index contributed by atoms with van der Waals surface area (Å²) < 4.78 is 16.3. The molecule has 0 radical (unpaired) electrons. The van der Waals surface area contributed by atoms with Crippen molar-refractivity contribution >= 4 is 11.9 Å². The van der Waals surface area contributed by atoms with Crippen LogP contribution in [0.25, 0.3) is 0 Å². The van der Waals surface area contributed by atoms with Gasteiger partial charge in [0.2, 0.25) is 0 Å². The molecule has 0 aromatic carbocycles. The van der Waals surface area contributed by atoms with Crippen LogP contribution in [0.5, 0.6) is 0 Å². The van der Waals surface area contributed by atoms with Gasteiger partial charge in [-0.05, 0) is 44.4 Å². The van der Waals surface area contributed by atoms with Crippen molar-refractivity contribution in [2.24, 2.45) is 5.92 Å². The van der Waals surface area contributed by atoms with Crippen LogP contribution in [0.2, 0.25) is 0 Å². The molecule has 0 aliphatic carbocycles. The lowest BCUT2D eigenvalue weighted by molar-refractivity contribution is -0.161. The lowest BCUT2D eigenvalue weighted by Crippen LogP contribution is -2.28. The molecule has 1 aliphatic heterocycles. The molecule has 1 aliphatic rings. The van der Waals surface area contributed by atoms with Crippen LogP contribution in [-0.2, 0) is 23.8 Å². The highest BCUT2D eigenvalue weighted by Gasteiger charge is 2.36. The van der Waals surface area contributed by atoms with E-state index in [2.05, 4.69) is 32.9 Å². The van der Waals surface area contributed by atoms with Gasteiger partial charge < -0.3 is 19.3 Å². The first-order valence-electron chi connectivity index (χ1n) is 20.2. The Balaban J connectivity index is 1.86. The molecular formula is C41H76O6. The molecular weight excluding hydrogens is 588 g/mol. The third-order valence-corrected chi connectivity index (χ3v) is 9.41. The monoisotopic (exact) mass is 665 g/mol. The predicted octanol–water partition coefficient (Wildman–Crippen LogP) is 11.4. The van der Waals surface area contributed by atoms with Crippen molar-refractivity contribution in [1.29, 1.82) is 0 Å². The van der Waals surface area contributed by atoms with Crippen LogP contribution < -0.4 is 0 Å². The Bertz CT molecular complexity index is 750. The fourth-order valence-electron chi connectivity index (χ4n) is 6.22. The highest BCUT2D eigenvalue weighted by Crippen LogP contribution is 2.30. The van der Waals surface area contributed by atoms with Crippen LogP contribution in [0.4, 0.5) is 0 Å². The van der Waals surface area contributed by atoms with Crippen molar-refractivity contribution in [1.82, 2.24) is 0 Å². The van der Waals surface area contributed by atoms with E-state index in [0.717, 1.165) is 63.7 Å². The van der Waals surface area contributed by atoms with E-state index in [1.165, 1.54) is 109 Å². The number of aliphatic hydroxyl groups is 1. The summed E-state index contributed by atoms with van der Waals surface area (Å²) >= 11 is 0. The van der Waals surface area contributed by atoms with E-state index < -0.39 is 6.10 Å². The average Bonchev–Trinajstić information content (AvgIpc) is 3.81. The van der Waals surface area contributed by atoms with E-state index in [-0.39, 0.29) is 25.2 Å². The summed E-state index contributed by atoms with van der Waals surface area (Å²) in [5.41, 5.74) is 0. The van der Waals surface area contributed by atoms with Gasteiger partial charge in [0.25, 0.3) is 0 Å². The maximum Gasteiger partial charge on any atom is 0.306 e. The Kier molecular flexibility index (Phi) is 29.6. The summed E-state index contributed by atoms with van der Waals surface area (Å²) in [4.78, 5) is 24.3. The zero-order valence-electron chi connectivity index (χ0n) is 31.2. The Hall–Kier alpha value is -1.40. The molecule has 276 valence electrons. The summed E-state index contributed by atoms with van der Waals surface area (Å²) in [5, 5.41) is 9.56. The summed E-state index contributed by atoms with van der Waals surface area (Å²) in [6.45, 7) is 6.46. The molecule has 47 heavy (non-hydrogen) atoms. The van der Waals surface area contributed by atoms with E-state index in [1.54, 1.807) is 0 Å². The first-order valence-corrected chi connectivity index (χ1v) is 20.2. The number of epoxide rings is 1. The van der Waals surface area contributed by atoms with Gasteiger partial charge in [0.1, 0.15) is 6.61 Å². The number of unbranched alkanes of at least 4 members (excludes halogenated alkanes) is 20. The van der Waals surface area contributed by atoms with E-state index in [4.69, 9.17) is 14.2 Å². The van der Waals surface area contributed by atoms with Crippen molar-refractivity contribution in [3.05, 3.63) is 12.2 Å². The smallest absolute Gasteiger partial charge is 0.306 e. The van der Waals surface area contributed by atoms with Gasteiger partial charge >= 0.3 is 11.9 Å². The van der Waals surface area contributed by atoms with E-state index in [0.29, 0.717) is 25.0 Å². The maximum absolute atomic E-state index is 12.2. The Morgan fingerprint density at radius 2 is 1.19 bits per heavy atom. The number of carbonyl (C=O) groups is 2. The molecule has 0 aromatic rings. The first-order chi connectivity index (χ1) is 23.0. The molecule has 6 nitrogen and oxygen atoms in total. The predicted molar refractivity (Wildman–Crippen MR) is 196 cm³/mol. The minimum absolute atomic E-state index is 0.0703. The van der Waals surface area contributed by atoms with Gasteiger partial charge in [-0.1, -0.05) is 161 Å². The number of hydrogen-bond donors (Lipinski definition) is 1. The van der Waals surface area contributed by atoms with Crippen LogP contribution in [0.3, 0.4) is 0 Å². The van der Waals surface area contributed by atoms with Gasteiger partial charge in [0.15, 0.2) is 6.10 Å². The molecule has 0 amide bonds. The van der Waals surface area contributed by atoms with Crippen LogP contribution in [0.15, 0.2) is 12.2 Å². The number of allylic oxidation sites excluding steroid dienone is 1. The molecule has 3 atom stereocenters. The molecule has 6 heteroatoms. The van der Waals surface area contributed by atoms with Crippen molar-refractivity contribution in [2.45, 2.75) is 219 Å². The Morgan fingerprint density at radius 3 is 1.74 bits per heavy atom. The first kappa shape index (κ1) is 43.6. The number of carbonyl (C=O) groups excluding carboxylic acids is 2. The molecule has 0 bridgehead atoms. The maximum atomic E-state index is 12.2. The molecule has 1 fully saturated rings. The fraction of sp³-hybridized carbons (Fsp3) is 0.902. The molecule has 1 heterocycles. The topological polar surface area (TPSA) is 85.4 Å². The fourth-order valence-corrected chi connectivity index (χ4v) is 6.22. The molecule has 1 saturated heterocycles. The van der Waals surface area contributed by atoms with Crippen molar-refractivity contribution < 1.29 is 28.9 Å². The quantitative estimate of drug-likeness (QED) is 0.0314. The van der Waals surface area contributed by atoms with Gasteiger partial charge in [-0.3, -0.25) is 9.59 Å². The summed E-state index contributed by atoms with van der Waals surface area (Å²) in [5.74, 6) is 0.245. The second kappa shape index (κ2) is 31.8. The zero-order chi connectivity index (χ0) is 34.2. The number of rotatable bonds is 35. The minimum Gasteiger partial charge on any atom is -0.462 e. The normalized spacial score (nSPS) is 16.6. The van der Waals surface area contributed by atoms with Crippen LogP contribution in [0, 0.1) is 5.92 Å². The van der Waals surface area contributed by atoms with Gasteiger partial charge in [0.05, 0.1) is 18.8 Å². The lowest BCUT2D eigenvalue weighted by atomic mass is 10.0. The van der Waals surface area contributed by atoms with Crippen molar-refractivity contribution in [3.63, 3.8) is 0 Å². The summed E-state index contributed by atoms with van der Waals surface area (Å²) in [6.07, 6.45) is 37.3. The van der Waals surface area contributed by atoms with Crippen molar-refractivity contribution in [3.8, 4) is 0 Å². The minimum atomic E-state index is -0.777. The van der Waals surface area contributed by atoms with Crippen LogP contribution >= 0.6 is 0 Å². The summed E-state index contributed by atoms with van der Waals surface area (Å²) in [6, 6.07) is 0. The van der Waals surface area contributed by atoms with Gasteiger partial charge in [-0.2, -0.15) is 0 Å². The third kappa shape index (κ3) is 29.3. The molecule has 1 rings (SSSR count). The number of hydrogen-bond acceptors (Lipinski definition) is 6. The largest absolute Gasteiger partial charge is 0.462 e. The second-order valence-corrected chi connectivity index (χ2v) is 14.6. The van der Waals surface area contributed by atoms with Gasteiger partial charge in [-0.25, -0.2) is 0 Å². The zero-order valence-corrected chi connectivity index (χ0v) is 31.2. The third-order valence-electron chi connectivity index (χ3n) is 9.41. The molecule has 0 spiro atoms. The van der Waals surface area contributed by atoms with Gasteiger partial charge in [0, 0.05) is 12.8 Å². The van der Waals surface area contributed by atoms with Gasteiger partial charge in [-0.15, -0.1) is 0 Å². The lowest BCUT2D eigenvalue weighted by Gasteiger charge is -2.15.